The summed E-state index contributed by atoms with van der Waals surface area (Å²) in [6.45, 7) is 1.68. The molecule has 0 bridgehead atoms. The van der Waals surface area contributed by atoms with Gasteiger partial charge in [0, 0.05) is 12.7 Å². The number of hydrogen-bond acceptors (Lipinski definition) is 2. The lowest BCUT2D eigenvalue weighted by atomic mass is 10.2. The van der Waals surface area contributed by atoms with Gasteiger partial charge >= 0.3 is 0 Å². The zero-order chi connectivity index (χ0) is 14.2. The molecule has 2 rings (SSSR count). The lowest BCUT2D eigenvalue weighted by molar-refractivity contribution is 0.102. The van der Waals surface area contributed by atoms with E-state index in [4.69, 9.17) is 23.2 Å². The van der Waals surface area contributed by atoms with Gasteiger partial charge in [0.05, 0.1) is 16.3 Å². The number of nitrogens with one attached hydrogen (secondary N) is 1. The van der Waals surface area contributed by atoms with E-state index in [1.54, 1.807) is 14.0 Å². The standard InChI is InChI=1S/C12H10Cl2FN3O/c1-6-10(11(14)18(2)17-6)12(19)16-7-3-4-9(15)8(13)5-7/h3-5H,1-2H3,(H,16,19). The minimum absolute atomic E-state index is 0.0631. The Morgan fingerprint density at radius 1 is 1.42 bits per heavy atom. The Kier molecular flexibility index (Phi) is 3.78. The number of hydrogen-bond donors (Lipinski definition) is 1. The Bertz CT molecular complexity index is 655. The molecular weight excluding hydrogens is 292 g/mol. The van der Waals surface area contributed by atoms with E-state index >= 15 is 0 Å². The molecular formula is C12H10Cl2FN3O. The molecule has 0 atom stereocenters. The fourth-order valence-corrected chi connectivity index (χ4v) is 2.10. The largest absolute Gasteiger partial charge is 0.322 e. The van der Waals surface area contributed by atoms with E-state index in [-0.39, 0.29) is 15.7 Å². The lowest BCUT2D eigenvalue weighted by Gasteiger charge is -2.05. The molecule has 1 N–H and O–H groups in total. The Balaban J connectivity index is 2.28. The Morgan fingerprint density at radius 2 is 2.11 bits per heavy atom. The maximum atomic E-state index is 13.0. The van der Waals surface area contributed by atoms with Crippen LogP contribution in [0.4, 0.5) is 10.1 Å². The Morgan fingerprint density at radius 3 is 2.63 bits per heavy atom. The summed E-state index contributed by atoms with van der Waals surface area (Å²) in [4.78, 5) is 12.1. The van der Waals surface area contributed by atoms with Crippen LogP contribution < -0.4 is 5.32 Å². The van der Waals surface area contributed by atoms with Crippen LogP contribution in [0.2, 0.25) is 10.2 Å². The third kappa shape index (κ3) is 2.72. The van der Waals surface area contributed by atoms with Crippen molar-refractivity contribution < 1.29 is 9.18 Å². The summed E-state index contributed by atoms with van der Waals surface area (Å²) in [5.74, 6) is -0.964. The number of aromatic nitrogens is 2. The van der Waals surface area contributed by atoms with Crippen molar-refractivity contribution >= 4 is 34.8 Å². The van der Waals surface area contributed by atoms with Gasteiger partial charge in [0.2, 0.25) is 0 Å². The summed E-state index contributed by atoms with van der Waals surface area (Å²) < 4.78 is 14.4. The molecule has 1 amide bonds. The summed E-state index contributed by atoms with van der Waals surface area (Å²) in [5, 5.41) is 6.81. The lowest BCUT2D eigenvalue weighted by Crippen LogP contribution is -2.13. The van der Waals surface area contributed by atoms with Crippen molar-refractivity contribution in [2.75, 3.05) is 5.32 Å². The first-order valence-corrected chi connectivity index (χ1v) is 6.11. The quantitative estimate of drug-likeness (QED) is 0.924. The van der Waals surface area contributed by atoms with Crippen molar-refractivity contribution in [3.63, 3.8) is 0 Å². The van der Waals surface area contributed by atoms with Gasteiger partial charge in [-0.1, -0.05) is 23.2 Å². The first kappa shape index (κ1) is 13.8. The molecule has 0 aliphatic rings. The van der Waals surface area contributed by atoms with Crippen molar-refractivity contribution in [3.05, 3.63) is 45.4 Å². The van der Waals surface area contributed by atoms with Gasteiger partial charge in [0.1, 0.15) is 11.0 Å². The second-order valence-electron chi connectivity index (χ2n) is 3.96. The van der Waals surface area contributed by atoms with E-state index in [1.807, 2.05) is 0 Å². The van der Waals surface area contributed by atoms with Crippen LogP contribution in [0.3, 0.4) is 0 Å². The highest BCUT2D eigenvalue weighted by atomic mass is 35.5. The molecule has 0 aliphatic carbocycles. The first-order valence-electron chi connectivity index (χ1n) is 5.35. The zero-order valence-electron chi connectivity index (χ0n) is 10.2. The summed E-state index contributed by atoms with van der Waals surface area (Å²) in [5.41, 5.74) is 1.18. The smallest absolute Gasteiger partial charge is 0.260 e. The maximum Gasteiger partial charge on any atom is 0.260 e. The molecule has 0 aliphatic heterocycles. The number of rotatable bonds is 2. The SMILES string of the molecule is Cc1nn(C)c(Cl)c1C(=O)Nc1ccc(F)c(Cl)c1. The molecule has 1 aromatic carbocycles. The molecule has 1 heterocycles. The summed E-state index contributed by atoms with van der Waals surface area (Å²) in [6, 6.07) is 3.92. The van der Waals surface area contributed by atoms with Gasteiger partial charge in [0.15, 0.2) is 0 Å². The van der Waals surface area contributed by atoms with Gasteiger partial charge in [-0.2, -0.15) is 5.10 Å². The van der Waals surface area contributed by atoms with Crippen LogP contribution in [0.25, 0.3) is 0 Å². The van der Waals surface area contributed by atoms with E-state index in [9.17, 15) is 9.18 Å². The van der Waals surface area contributed by atoms with E-state index < -0.39 is 11.7 Å². The highest BCUT2D eigenvalue weighted by Gasteiger charge is 2.19. The van der Waals surface area contributed by atoms with Gasteiger partial charge in [-0.15, -0.1) is 0 Å². The summed E-state index contributed by atoms with van der Waals surface area (Å²) >= 11 is 11.6. The van der Waals surface area contributed by atoms with E-state index in [2.05, 4.69) is 10.4 Å². The van der Waals surface area contributed by atoms with E-state index in [0.717, 1.165) is 0 Å². The average molecular weight is 302 g/mol. The molecule has 1 aromatic heterocycles. The molecule has 19 heavy (non-hydrogen) atoms. The van der Waals surface area contributed by atoms with Crippen LogP contribution in [0.15, 0.2) is 18.2 Å². The summed E-state index contributed by atoms with van der Waals surface area (Å²) in [7, 11) is 1.64. The van der Waals surface area contributed by atoms with Crippen LogP contribution >= 0.6 is 23.2 Å². The zero-order valence-corrected chi connectivity index (χ0v) is 11.7. The molecule has 0 fully saturated rings. The number of anilines is 1. The molecule has 0 unspecified atom stereocenters. The second-order valence-corrected chi connectivity index (χ2v) is 4.72. The maximum absolute atomic E-state index is 13.0. The number of nitrogens with zero attached hydrogens (tertiary/aromatic N) is 2. The average Bonchev–Trinajstić information content (AvgIpc) is 2.58. The highest BCUT2D eigenvalue weighted by molar-refractivity contribution is 6.34. The van der Waals surface area contributed by atoms with Crippen LogP contribution in [0.1, 0.15) is 16.1 Å². The minimum atomic E-state index is -0.546. The molecule has 0 saturated carbocycles. The van der Waals surface area contributed by atoms with Gasteiger partial charge in [-0.3, -0.25) is 9.48 Å². The van der Waals surface area contributed by atoms with E-state index in [0.29, 0.717) is 11.4 Å². The summed E-state index contributed by atoms with van der Waals surface area (Å²) in [6.07, 6.45) is 0. The minimum Gasteiger partial charge on any atom is -0.322 e. The van der Waals surface area contributed by atoms with Crippen molar-refractivity contribution in [2.24, 2.45) is 7.05 Å². The molecule has 0 saturated heterocycles. The topological polar surface area (TPSA) is 46.9 Å². The fourth-order valence-electron chi connectivity index (χ4n) is 1.66. The normalized spacial score (nSPS) is 10.6. The molecule has 2 aromatic rings. The third-order valence-corrected chi connectivity index (χ3v) is 3.28. The molecule has 7 heteroatoms. The number of carbonyl (C=O) groups excluding carboxylic acids is 1. The van der Waals surface area contributed by atoms with Crippen molar-refractivity contribution in [3.8, 4) is 0 Å². The van der Waals surface area contributed by atoms with Crippen molar-refractivity contribution in [1.82, 2.24) is 9.78 Å². The molecule has 0 radical (unpaired) electrons. The van der Waals surface area contributed by atoms with Gasteiger partial charge in [-0.25, -0.2) is 4.39 Å². The number of aryl methyl sites for hydroxylation is 2. The Hall–Kier alpha value is -1.59. The number of amides is 1. The molecule has 4 nitrogen and oxygen atoms in total. The van der Waals surface area contributed by atoms with Crippen LogP contribution in [0, 0.1) is 12.7 Å². The van der Waals surface area contributed by atoms with Crippen molar-refractivity contribution in [2.45, 2.75) is 6.92 Å². The number of halogens is 3. The van der Waals surface area contributed by atoms with Crippen LogP contribution in [-0.4, -0.2) is 15.7 Å². The highest BCUT2D eigenvalue weighted by Crippen LogP contribution is 2.23. The number of benzene rings is 1. The Labute approximate surface area is 119 Å². The first-order chi connectivity index (χ1) is 8.90. The predicted molar refractivity (Wildman–Crippen MR) is 72.3 cm³/mol. The monoisotopic (exact) mass is 301 g/mol. The molecule has 0 spiro atoms. The third-order valence-electron chi connectivity index (χ3n) is 2.56. The number of carbonyl (C=O) groups is 1. The van der Waals surface area contributed by atoms with Crippen LogP contribution in [-0.2, 0) is 7.05 Å². The molecule has 100 valence electrons. The van der Waals surface area contributed by atoms with Gasteiger partial charge in [0.25, 0.3) is 5.91 Å². The second kappa shape index (κ2) is 5.19. The van der Waals surface area contributed by atoms with Gasteiger partial charge < -0.3 is 5.32 Å². The van der Waals surface area contributed by atoms with Crippen LogP contribution in [0.5, 0.6) is 0 Å². The van der Waals surface area contributed by atoms with E-state index in [1.165, 1.54) is 22.9 Å². The predicted octanol–water partition coefficient (Wildman–Crippen LogP) is 3.43. The fraction of sp³-hybridized carbons (Fsp3) is 0.167. The van der Waals surface area contributed by atoms with Crippen molar-refractivity contribution in [1.29, 1.82) is 0 Å². The van der Waals surface area contributed by atoms with Gasteiger partial charge in [-0.05, 0) is 25.1 Å².